The van der Waals surface area contributed by atoms with Crippen LogP contribution in [0.5, 0.6) is 0 Å². The molecule has 18 heavy (non-hydrogen) atoms. The molecule has 1 nitrogen and oxygen atoms in total. The summed E-state index contributed by atoms with van der Waals surface area (Å²) in [5.41, 5.74) is 1.62. The minimum Gasteiger partial charge on any atom is -0.355 e. The molecule has 1 aromatic heterocycles. The Balaban J connectivity index is 2.20. The Hall–Kier alpha value is -2.23. The molecule has 3 rings (SSSR count). The Bertz CT molecular complexity index is 675. The van der Waals surface area contributed by atoms with Crippen LogP contribution in [0.25, 0.3) is 22.2 Å². The first-order valence-corrected chi connectivity index (χ1v) is 5.29. The van der Waals surface area contributed by atoms with Gasteiger partial charge in [0.2, 0.25) is 0 Å². The quantitative estimate of drug-likeness (QED) is 0.623. The second kappa shape index (κ2) is 3.91. The highest BCUT2D eigenvalue weighted by molar-refractivity contribution is 5.85. The van der Waals surface area contributed by atoms with Gasteiger partial charge < -0.3 is 4.98 Å². The van der Waals surface area contributed by atoms with E-state index < -0.39 is 17.5 Å². The van der Waals surface area contributed by atoms with Gasteiger partial charge in [-0.25, -0.2) is 13.2 Å². The Labute approximate surface area is 101 Å². The number of hydrogen-bond donors (Lipinski definition) is 1. The molecular formula is C14H7F3N. The molecule has 1 N–H and O–H groups in total. The fraction of sp³-hybridized carbons (Fsp3) is 0. The van der Waals surface area contributed by atoms with E-state index in [0.29, 0.717) is 5.69 Å². The molecule has 0 saturated heterocycles. The number of aromatic nitrogens is 1. The molecule has 0 saturated carbocycles. The lowest BCUT2D eigenvalue weighted by Gasteiger charge is -2.00. The van der Waals surface area contributed by atoms with Crippen LogP contribution in [0.2, 0.25) is 0 Å². The van der Waals surface area contributed by atoms with E-state index in [-0.39, 0.29) is 5.56 Å². The van der Waals surface area contributed by atoms with Crippen LogP contribution in [0.1, 0.15) is 0 Å². The molecule has 0 unspecified atom stereocenters. The Morgan fingerprint density at radius 2 is 1.72 bits per heavy atom. The molecule has 4 heteroatoms. The zero-order valence-electron chi connectivity index (χ0n) is 9.10. The highest BCUT2D eigenvalue weighted by Crippen LogP contribution is 2.26. The number of H-pyrrole nitrogens is 1. The molecule has 0 atom stereocenters. The minimum atomic E-state index is -1.46. The summed E-state index contributed by atoms with van der Waals surface area (Å²) in [5.74, 6) is -3.85. The summed E-state index contributed by atoms with van der Waals surface area (Å²) >= 11 is 0. The van der Waals surface area contributed by atoms with Crippen LogP contribution in [-0.2, 0) is 0 Å². The summed E-state index contributed by atoms with van der Waals surface area (Å²) in [6.07, 6.45) is 0. The average Bonchev–Trinajstić information content (AvgIpc) is 2.79. The number of fused-ring (bicyclic) bond motifs is 1. The molecule has 0 spiro atoms. The van der Waals surface area contributed by atoms with Crippen molar-refractivity contribution in [2.45, 2.75) is 0 Å². The van der Waals surface area contributed by atoms with Gasteiger partial charge in [-0.3, -0.25) is 0 Å². The molecule has 0 bridgehead atoms. The third-order valence-corrected chi connectivity index (χ3v) is 2.76. The monoisotopic (exact) mass is 246 g/mol. The molecule has 0 amide bonds. The molecule has 89 valence electrons. The van der Waals surface area contributed by atoms with Crippen molar-refractivity contribution in [3.63, 3.8) is 0 Å². The van der Waals surface area contributed by atoms with Crippen LogP contribution in [0.3, 0.4) is 0 Å². The zero-order valence-corrected chi connectivity index (χ0v) is 9.10. The largest absolute Gasteiger partial charge is 0.355 e. The Morgan fingerprint density at radius 3 is 2.39 bits per heavy atom. The van der Waals surface area contributed by atoms with Gasteiger partial charge >= 0.3 is 0 Å². The second-order valence-electron chi connectivity index (χ2n) is 3.95. The highest BCUT2D eigenvalue weighted by Gasteiger charge is 2.12. The van der Waals surface area contributed by atoms with Gasteiger partial charge in [0.05, 0.1) is 0 Å². The SMILES string of the molecule is Fc1cc(-c2cc3c[c]ccc3[nH]2)cc(F)c1F. The molecule has 3 aromatic rings. The second-order valence-corrected chi connectivity index (χ2v) is 3.95. The van der Waals surface area contributed by atoms with Crippen LogP contribution in [0, 0.1) is 23.5 Å². The van der Waals surface area contributed by atoms with Gasteiger partial charge in [0, 0.05) is 22.2 Å². The summed E-state index contributed by atoms with van der Waals surface area (Å²) in [5, 5.41) is 0.873. The smallest absolute Gasteiger partial charge is 0.194 e. The summed E-state index contributed by atoms with van der Waals surface area (Å²) in [6, 6.07) is 11.9. The topological polar surface area (TPSA) is 15.8 Å². The van der Waals surface area contributed by atoms with Crippen molar-refractivity contribution in [2.24, 2.45) is 0 Å². The lowest BCUT2D eigenvalue weighted by atomic mass is 10.1. The van der Waals surface area contributed by atoms with Crippen molar-refractivity contribution in [3.05, 3.63) is 59.9 Å². The van der Waals surface area contributed by atoms with Crippen molar-refractivity contribution in [1.29, 1.82) is 0 Å². The van der Waals surface area contributed by atoms with E-state index >= 15 is 0 Å². The molecule has 0 fully saturated rings. The van der Waals surface area contributed by atoms with E-state index in [1.807, 2.05) is 0 Å². The van der Waals surface area contributed by atoms with Crippen LogP contribution < -0.4 is 0 Å². The lowest BCUT2D eigenvalue weighted by molar-refractivity contribution is 0.447. The predicted molar refractivity (Wildman–Crippen MR) is 62.4 cm³/mol. The van der Waals surface area contributed by atoms with E-state index in [1.165, 1.54) is 0 Å². The van der Waals surface area contributed by atoms with Crippen molar-refractivity contribution in [1.82, 2.24) is 4.98 Å². The first-order chi connectivity index (χ1) is 8.65. The fourth-order valence-corrected chi connectivity index (χ4v) is 1.88. The first-order valence-electron chi connectivity index (χ1n) is 5.29. The minimum absolute atomic E-state index is 0.266. The zero-order chi connectivity index (χ0) is 12.7. The number of nitrogens with one attached hydrogen (secondary N) is 1. The van der Waals surface area contributed by atoms with Crippen molar-refractivity contribution in [2.75, 3.05) is 0 Å². The predicted octanol–water partition coefficient (Wildman–Crippen LogP) is 4.05. The number of rotatable bonds is 1. The number of aromatic amines is 1. The van der Waals surface area contributed by atoms with Gasteiger partial charge in [-0.1, -0.05) is 6.07 Å². The summed E-state index contributed by atoms with van der Waals surface area (Å²) in [4.78, 5) is 3.01. The third kappa shape index (κ3) is 1.66. The molecule has 2 aromatic carbocycles. The van der Waals surface area contributed by atoms with Crippen LogP contribution >= 0.6 is 0 Å². The van der Waals surface area contributed by atoms with E-state index in [1.54, 1.807) is 24.3 Å². The van der Waals surface area contributed by atoms with Crippen LogP contribution in [0.4, 0.5) is 13.2 Å². The maximum Gasteiger partial charge on any atom is 0.194 e. The number of halogens is 3. The van der Waals surface area contributed by atoms with Crippen molar-refractivity contribution < 1.29 is 13.2 Å². The maximum absolute atomic E-state index is 13.1. The van der Waals surface area contributed by atoms with E-state index in [2.05, 4.69) is 11.1 Å². The van der Waals surface area contributed by atoms with E-state index in [4.69, 9.17) is 0 Å². The number of benzene rings is 2. The van der Waals surface area contributed by atoms with Gasteiger partial charge in [-0.15, -0.1) is 0 Å². The molecule has 1 radical (unpaired) electrons. The fourth-order valence-electron chi connectivity index (χ4n) is 1.88. The van der Waals surface area contributed by atoms with Crippen LogP contribution in [-0.4, -0.2) is 4.98 Å². The summed E-state index contributed by atoms with van der Waals surface area (Å²) in [7, 11) is 0. The highest BCUT2D eigenvalue weighted by atomic mass is 19.2. The average molecular weight is 246 g/mol. The van der Waals surface area contributed by atoms with Crippen molar-refractivity contribution >= 4 is 10.9 Å². The van der Waals surface area contributed by atoms with Gasteiger partial charge in [0.25, 0.3) is 0 Å². The van der Waals surface area contributed by atoms with E-state index in [9.17, 15) is 13.2 Å². The summed E-state index contributed by atoms with van der Waals surface area (Å²) < 4.78 is 39.2. The third-order valence-electron chi connectivity index (χ3n) is 2.76. The molecule has 1 heterocycles. The molecule has 0 aliphatic carbocycles. The first kappa shape index (κ1) is 10.9. The van der Waals surface area contributed by atoms with Crippen LogP contribution in [0.15, 0.2) is 36.4 Å². The molecule has 0 aliphatic heterocycles. The normalized spacial score (nSPS) is 11.1. The van der Waals surface area contributed by atoms with E-state index in [0.717, 1.165) is 23.0 Å². The van der Waals surface area contributed by atoms with Gasteiger partial charge in [-0.2, -0.15) is 0 Å². The molecular weight excluding hydrogens is 239 g/mol. The summed E-state index contributed by atoms with van der Waals surface area (Å²) in [6.45, 7) is 0. The van der Waals surface area contributed by atoms with Gasteiger partial charge in [0.1, 0.15) is 0 Å². The lowest BCUT2D eigenvalue weighted by Crippen LogP contribution is -1.91. The van der Waals surface area contributed by atoms with Gasteiger partial charge in [0.15, 0.2) is 17.5 Å². The Morgan fingerprint density at radius 1 is 1.00 bits per heavy atom. The van der Waals surface area contributed by atoms with Crippen molar-refractivity contribution in [3.8, 4) is 11.3 Å². The Kier molecular flexibility index (Phi) is 2.37. The molecule has 0 aliphatic rings. The maximum atomic E-state index is 13.1. The van der Waals surface area contributed by atoms with Gasteiger partial charge in [-0.05, 0) is 36.4 Å². The number of hydrogen-bond acceptors (Lipinski definition) is 0. The standard InChI is InChI=1S/C14H7F3N/c15-10-5-9(6-11(16)14(10)17)13-7-8-3-1-2-4-12(8)18-13/h2-7,18H.